The van der Waals surface area contributed by atoms with Crippen molar-refractivity contribution in [3.05, 3.63) is 30.1 Å². The molecule has 1 heterocycles. The summed E-state index contributed by atoms with van der Waals surface area (Å²) in [6, 6.07) is 4.78. The molecule has 0 unspecified atom stereocenters. The van der Waals surface area contributed by atoms with Crippen LogP contribution in [-0.4, -0.2) is 42.6 Å². The lowest BCUT2D eigenvalue weighted by molar-refractivity contribution is 0.323. The van der Waals surface area contributed by atoms with Crippen molar-refractivity contribution in [2.24, 2.45) is 0 Å². The fourth-order valence-corrected chi connectivity index (χ4v) is 1.76. The molecule has 0 saturated carbocycles. The van der Waals surface area contributed by atoms with Gasteiger partial charge in [-0.2, -0.15) is 0 Å². The molecule has 1 rings (SSSR count). The van der Waals surface area contributed by atoms with Crippen LogP contribution in [0.25, 0.3) is 0 Å². The largest absolute Gasteiger partial charge is 0.313 e. The van der Waals surface area contributed by atoms with Crippen molar-refractivity contribution in [2.45, 2.75) is 32.7 Å². The summed E-state index contributed by atoms with van der Waals surface area (Å²) >= 11 is 0. The summed E-state index contributed by atoms with van der Waals surface area (Å²) in [5, 5.41) is 3.43. The van der Waals surface area contributed by atoms with Crippen molar-refractivity contribution in [2.75, 3.05) is 26.7 Å². The summed E-state index contributed by atoms with van der Waals surface area (Å²) < 4.78 is 0. The SMILES string of the molecule is CC(C)NCCN(C)CCCc1ccncc1. The van der Waals surface area contributed by atoms with E-state index in [4.69, 9.17) is 0 Å². The molecule has 0 fully saturated rings. The highest BCUT2D eigenvalue weighted by atomic mass is 15.1. The van der Waals surface area contributed by atoms with Gasteiger partial charge in [-0.15, -0.1) is 0 Å². The number of likely N-dealkylation sites (N-methyl/N-ethyl adjacent to an activating group) is 1. The van der Waals surface area contributed by atoms with Crippen molar-refractivity contribution in [3.63, 3.8) is 0 Å². The molecule has 3 heteroatoms. The van der Waals surface area contributed by atoms with Gasteiger partial charge in [-0.05, 0) is 44.1 Å². The molecule has 0 saturated heterocycles. The van der Waals surface area contributed by atoms with Gasteiger partial charge in [0.05, 0.1) is 0 Å². The summed E-state index contributed by atoms with van der Waals surface area (Å²) in [6.45, 7) is 7.72. The highest BCUT2D eigenvalue weighted by Crippen LogP contribution is 2.01. The lowest BCUT2D eigenvalue weighted by Crippen LogP contribution is -2.33. The number of aromatic nitrogens is 1. The zero-order valence-corrected chi connectivity index (χ0v) is 11.3. The minimum absolute atomic E-state index is 0.584. The van der Waals surface area contributed by atoms with E-state index in [0.717, 1.165) is 26.1 Å². The van der Waals surface area contributed by atoms with Gasteiger partial charge >= 0.3 is 0 Å². The standard InChI is InChI=1S/C14H25N3/c1-13(2)16-10-12-17(3)11-4-5-14-6-8-15-9-7-14/h6-9,13,16H,4-5,10-12H2,1-3H3. The molecule has 0 amide bonds. The number of hydrogen-bond acceptors (Lipinski definition) is 3. The second-order valence-electron chi connectivity index (χ2n) is 4.87. The van der Waals surface area contributed by atoms with Crippen molar-refractivity contribution < 1.29 is 0 Å². The average molecular weight is 235 g/mol. The maximum atomic E-state index is 4.03. The Bertz CT molecular complexity index is 285. The van der Waals surface area contributed by atoms with Gasteiger partial charge in [0.25, 0.3) is 0 Å². The Kier molecular flexibility index (Phi) is 6.82. The molecule has 0 spiro atoms. The molecule has 0 aliphatic carbocycles. The number of hydrogen-bond donors (Lipinski definition) is 1. The summed E-state index contributed by atoms with van der Waals surface area (Å²) in [5.41, 5.74) is 1.38. The molecule has 0 aromatic carbocycles. The fourth-order valence-electron chi connectivity index (χ4n) is 1.76. The maximum Gasteiger partial charge on any atom is 0.0270 e. The third kappa shape index (κ3) is 7.08. The first-order chi connectivity index (χ1) is 8.18. The van der Waals surface area contributed by atoms with Crippen LogP contribution in [0.5, 0.6) is 0 Å². The van der Waals surface area contributed by atoms with Crippen LogP contribution < -0.4 is 5.32 Å². The molecule has 0 aliphatic heterocycles. The van der Waals surface area contributed by atoms with Crippen LogP contribution in [0.15, 0.2) is 24.5 Å². The van der Waals surface area contributed by atoms with Gasteiger partial charge < -0.3 is 10.2 Å². The average Bonchev–Trinajstić information content (AvgIpc) is 2.30. The van der Waals surface area contributed by atoms with Gasteiger partial charge in [0.1, 0.15) is 0 Å². The fraction of sp³-hybridized carbons (Fsp3) is 0.643. The van der Waals surface area contributed by atoms with Crippen LogP contribution in [0, 0.1) is 0 Å². The Morgan fingerprint density at radius 1 is 1.24 bits per heavy atom. The molecule has 1 N–H and O–H groups in total. The molecule has 1 aromatic rings. The Morgan fingerprint density at radius 3 is 2.59 bits per heavy atom. The number of nitrogens with one attached hydrogen (secondary N) is 1. The second-order valence-corrected chi connectivity index (χ2v) is 4.87. The van der Waals surface area contributed by atoms with Crippen molar-refractivity contribution in [3.8, 4) is 0 Å². The third-order valence-corrected chi connectivity index (χ3v) is 2.80. The Hall–Kier alpha value is -0.930. The number of aryl methyl sites for hydroxylation is 1. The zero-order valence-electron chi connectivity index (χ0n) is 11.3. The van der Waals surface area contributed by atoms with Gasteiger partial charge in [-0.3, -0.25) is 4.98 Å². The van der Waals surface area contributed by atoms with Crippen LogP contribution >= 0.6 is 0 Å². The predicted molar refractivity (Wildman–Crippen MR) is 73.2 cm³/mol. The second kappa shape index (κ2) is 8.20. The molecule has 1 aromatic heterocycles. The molecule has 0 bridgehead atoms. The first-order valence-electron chi connectivity index (χ1n) is 6.49. The third-order valence-electron chi connectivity index (χ3n) is 2.80. The summed E-state index contributed by atoms with van der Waals surface area (Å²) in [7, 11) is 2.19. The van der Waals surface area contributed by atoms with E-state index in [1.54, 1.807) is 0 Å². The molecule has 17 heavy (non-hydrogen) atoms. The molecule has 0 atom stereocenters. The van der Waals surface area contributed by atoms with Crippen molar-refractivity contribution in [1.82, 2.24) is 15.2 Å². The summed E-state index contributed by atoms with van der Waals surface area (Å²) in [6.07, 6.45) is 6.09. The predicted octanol–water partition coefficient (Wildman–Crippen LogP) is 1.94. The first-order valence-corrected chi connectivity index (χ1v) is 6.49. The molecule has 96 valence electrons. The van der Waals surface area contributed by atoms with Crippen LogP contribution in [0.2, 0.25) is 0 Å². The first kappa shape index (κ1) is 14.1. The summed E-state index contributed by atoms with van der Waals surface area (Å²) in [5.74, 6) is 0. The highest BCUT2D eigenvalue weighted by Gasteiger charge is 1.99. The van der Waals surface area contributed by atoms with E-state index in [9.17, 15) is 0 Å². The van der Waals surface area contributed by atoms with Gasteiger partial charge in [0.2, 0.25) is 0 Å². The Balaban J connectivity index is 2.06. The number of rotatable bonds is 8. The van der Waals surface area contributed by atoms with Gasteiger partial charge in [0, 0.05) is 31.5 Å². The zero-order chi connectivity index (χ0) is 12.5. The molecular formula is C14H25N3. The normalized spacial score (nSPS) is 11.4. The van der Waals surface area contributed by atoms with Crippen LogP contribution in [0.4, 0.5) is 0 Å². The van der Waals surface area contributed by atoms with Crippen LogP contribution in [0.1, 0.15) is 25.8 Å². The topological polar surface area (TPSA) is 28.2 Å². The number of nitrogens with zero attached hydrogens (tertiary/aromatic N) is 2. The van der Waals surface area contributed by atoms with E-state index in [1.165, 1.54) is 12.0 Å². The quantitative estimate of drug-likeness (QED) is 0.746. The maximum absolute atomic E-state index is 4.03. The van der Waals surface area contributed by atoms with E-state index in [-0.39, 0.29) is 0 Å². The van der Waals surface area contributed by atoms with Crippen LogP contribution in [-0.2, 0) is 6.42 Å². The van der Waals surface area contributed by atoms with E-state index in [0.29, 0.717) is 6.04 Å². The van der Waals surface area contributed by atoms with E-state index < -0.39 is 0 Å². The van der Waals surface area contributed by atoms with Crippen molar-refractivity contribution in [1.29, 1.82) is 0 Å². The van der Waals surface area contributed by atoms with E-state index >= 15 is 0 Å². The van der Waals surface area contributed by atoms with Crippen molar-refractivity contribution >= 4 is 0 Å². The van der Waals surface area contributed by atoms with Gasteiger partial charge in [0.15, 0.2) is 0 Å². The highest BCUT2D eigenvalue weighted by molar-refractivity contribution is 5.09. The lowest BCUT2D eigenvalue weighted by Gasteiger charge is -2.17. The lowest BCUT2D eigenvalue weighted by atomic mass is 10.1. The Labute approximate surface area is 105 Å². The molecule has 0 radical (unpaired) electrons. The number of pyridine rings is 1. The van der Waals surface area contributed by atoms with Crippen LogP contribution in [0.3, 0.4) is 0 Å². The molecule has 0 aliphatic rings. The van der Waals surface area contributed by atoms with Gasteiger partial charge in [-0.1, -0.05) is 13.8 Å². The monoisotopic (exact) mass is 235 g/mol. The summed E-state index contributed by atoms with van der Waals surface area (Å²) in [4.78, 5) is 6.41. The van der Waals surface area contributed by atoms with Gasteiger partial charge in [-0.25, -0.2) is 0 Å². The minimum atomic E-state index is 0.584. The van der Waals surface area contributed by atoms with E-state index in [1.807, 2.05) is 12.4 Å². The smallest absolute Gasteiger partial charge is 0.0270 e. The molecular weight excluding hydrogens is 210 g/mol. The Morgan fingerprint density at radius 2 is 1.94 bits per heavy atom. The molecule has 3 nitrogen and oxygen atoms in total. The van der Waals surface area contributed by atoms with E-state index in [2.05, 4.69) is 48.2 Å². The minimum Gasteiger partial charge on any atom is -0.313 e.